The van der Waals surface area contributed by atoms with E-state index in [9.17, 15) is 4.79 Å². The summed E-state index contributed by atoms with van der Waals surface area (Å²) in [4.78, 5) is 12.5. The van der Waals surface area contributed by atoms with E-state index < -0.39 is 16.4 Å². The number of rotatable bonds is 2. The fraction of sp³-hybridized carbons (Fsp3) is 0.222. The second-order valence-corrected chi connectivity index (χ2v) is 4.32. The van der Waals surface area contributed by atoms with Gasteiger partial charge in [0.2, 0.25) is 0 Å². The van der Waals surface area contributed by atoms with Crippen molar-refractivity contribution in [3.8, 4) is 0 Å². The van der Waals surface area contributed by atoms with Gasteiger partial charge in [-0.3, -0.25) is 9.11 Å². The van der Waals surface area contributed by atoms with Crippen molar-refractivity contribution in [1.29, 1.82) is 0 Å². The molecule has 0 aromatic heterocycles. The van der Waals surface area contributed by atoms with E-state index in [0.717, 1.165) is 0 Å². The highest BCUT2D eigenvalue weighted by atomic mass is 32.3. The van der Waals surface area contributed by atoms with Crippen molar-refractivity contribution < 1.29 is 27.4 Å². The molecule has 0 aliphatic carbocycles. The van der Waals surface area contributed by atoms with Gasteiger partial charge in [-0.05, 0) is 18.2 Å². The summed E-state index contributed by atoms with van der Waals surface area (Å²) in [5.74, 6) is -0.962. The maximum absolute atomic E-state index is 10.8. The zero-order chi connectivity index (χ0) is 14.5. The third-order valence-electron chi connectivity index (χ3n) is 1.73. The molecule has 1 aromatic carbocycles. The number of nitrogens with zero attached hydrogens (tertiary/aromatic N) is 1. The number of hydrogen-bond donors (Lipinski definition) is 4. The van der Waals surface area contributed by atoms with Gasteiger partial charge in [0.25, 0.3) is 0 Å². The molecule has 1 aromatic rings. The van der Waals surface area contributed by atoms with Gasteiger partial charge in [-0.15, -0.1) is 0 Å². The third kappa shape index (κ3) is 6.68. The summed E-state index contributed by atoms with van der Waals surface area (Å²) in [6.07, 6.45) is 0. The number of nitrogen functional groups attached to an aromatic ring is 1. The van der Waals surface area contributed by atoms with E-state index in [1.165, 1.54) is 6.07 Å². The number of aromatic carboxylic acids is 1. The zero-order valence-electron chi connectivity index (χ0n) is 9.73. The lowest BCUT2D eigenvalue weighted by Crippen LogP contribution is -2.14. The molecule has 0 saturated heterocycles. The van der Waals surface area contributed by atoms with Crippen LogP contribution in [0.1, 0.15) is 10.4 Å². The van der Waals surface area contributed by atoms with E-state index in [1.807, 2.05) is 0 Å². The molecular formula is C9H14N2O6S. The first-order chi connectivity index (χ1) is 8.02. The van der Waals surface area contributed by atoms with Crippen LogP contribution in [0.25, 0.3) is 0 Å². The van der Waals surface area contributed by atoms with Crippen LogP contribution in [0.5, 0.6) is 0 Å². The zero-order valence-corrected chi connectivity index (χ0v) is 10.5. The van der Waals surface area contributed by atoms with E-state index in [0.29, 0.717) is 11.4 Å². The van der Waals surface area contributed by atoms with Crippen LogP contribution in [0.3, 0.4) is 0 Å². The molecule has 5 N–H and O–H groups in total. The Hall–Kier alpha value is -1.84. The van der Waals surface area contributed by atoms with Gasteiger partial charge in [0, 0.05) is 19.8 Å². The summed E-state index contributed by atoms with van der Waals surface area (Å²) < 4.78 is 31.6. The molecule has 0 radical (unpaired) electrons. The maximum atomic E-state index is 10.8. The van der Waals surface area contributed by atoms with Crippen molar-refractivity contribution in [2.24, 2.45) is 0 Å². The number of benzene rings is 1. The molecule has 0 saturated carbocycles. The van der Waals surface area contributed by atoms with Crippen molar-refractivity contribution in [2.45, 2.75) is 0 Å². The molecule has 0 spiro atoms. The molecule has 9 heteroatoms. The molecule has 0 bridgehead atoms. The maximum Gasteiger partial charge on any atom is 0.394 e. The predicted octanol–water partition coefficient (Wildman–Crippen LogP) is 0.380. The lowest BCUT2D eigenvalue weighted by molar-refractivity contribution is 0.0697. The second kappa shape index (κ2) is 6.19. The molecule has 0 heterocycles. The molecule has 0 unspecified atom stereocenters. The lowest BCUT2D eigenvalue weighted by Gasteiger charge is -2.15. The van der Waals surface area contributed by atoms with Crippen molar-refractivity contribution in [1.82, 2.24) is 0 Å². The molecule has 0 amide bonds. The summed E-state index contributed by atoms with van der Waals surface area (Å²) in [6.45, 7) is 0. The van der Waals surface area contributed by atoms with E-state index in [-0.39, 0.29) is 5.56 Å². The Kier molecular flexibility index (Phi) is 5.56. The summed E-state index contributed by atoms with van der Waals surface area (Å²) >= 11 is 0. The van der Waals surface area contributed by atoms with Gasteiger partial charge >= 0.3 is 16.4 Å². The Bertz CT molecular complexity index is 518. The highest BCUT2D eigenvalue weighted by Crippen LogP contribution is 2.20. The summed E-state index contributed by atoms with van der Waals surface area (Å²) in [5.41, 5.74) is 6.83. The average Bonchev–Trinajstić information content (AvgIpc) is 2.14. The van der Waals surface area contributed by atoms with Gasteiger partial charge in [0.05, 0.1) is 11.3 Å². The normalized spacial score (nSPS) is 10.2. The van der Waals surface area contributed by atoms with Gasteiger partial charge in [-0.25, -0.2) is 4.79 Å². The van der Waals surface area contributed by atoms with Gasteiger partial charge in [0.15, 0.2) is 0 Å². The van der Waals surface area contributed by atoms with Crippen LogP contribution in [0.15, 0.2) is 18.2 Å². The topological polar surface area (TPSA) is 141 Å². The fourth-order valence-corrected chi connectivity index (χ4v) is 1.11. The first kappa shape index (κ1) is 16.2. The number of hydrogen-bond acceptors (Lipinski definition) is 5. The van der Waals surface area contributed by atoms with E-state index in [4.69, 9.17) is 28.4 Å². The molecule has 0 aliphatic heterocycles. The van der Waals surface area contributed by atoms with Crippen molar-refractivity contribution in [2.75, 3.05) is 24.7 Å². The minimum atomic E-state index is -4.67. The fourth-order valence-electron chi connectivity index (χ4n) is 1.11. The molecule has 102 valence electrons. The molecule has 0 atom stereocenters. The molecular weight excluding hydrogens is 264 g/mol. The number of nitrogens with two attached hydrogens (primary N) is 1. The Balaban J connectivity index is 0.000000494. The monoisotopic (exact) mass is 278 g/mol. The molecule has 0 aliphatic rings. The smallest absolute Gasteiger partial charge is 0.394 e. The van der Waals surface area contributed by atoms with Crippen LogP contribution >= 0.6 is 0 Å². The average molecular weight is 278 g/mol. The number of anilines is 2. The van der Waals surface area contributed by atoms with Crippen LogP contribution in [0, 0.1) is 0 Å². The SMILES string of the molecule is CN(C)c1ccc(N)cc1C(=O)O.O=S(=O)(O)O. The van der Waals surface area contributed by atoms with E-state index in [1.54, 1.807) is 31.1 Å². The Morgan fingerprint density at radius 2 is 1.72 bits per heavy atom. The molecule has 0 fully saturated rings. The minimum Gasteiger partial charge on any atom is -0.478 e. The van der Waals surface area contributed by atoms with Gasteiger partial charge in [-0.2, -0.15) is 8.42 Å². The highest BCUT2D eigenvalue weighted by Gasteiger charge is 2.11. The first-order valence-corrected chi connectivity index (χ1v) is 5.92. The van der Waals surface area contributed by atoms with Crippen LogP contribution in [-0.2, 0) is 10.4 Å². The molecule has 1 rings (SSSR count). The van der Waals surface area contributed by atoms with Gasteiger partial charge in [-0.1, -0.05) is 0 Å². The number of carbonyl (C=O) groups is 1. The third-order valence-corrected chi connectivity index (χ3v) is 1.73. The Morgan fingerprint density at radius 1 is 1.28 bits per heavy atom. The van der Waals surface area contributed by atoms with E-state index in [2.05, 4.69) is 0 Å². The van der Waals surface area contributed by atoms with Crippen LogP contribution in [-0.4, -0.2) is 42.7 Å². The van der Waals surface area contributed by atoms with Crippen LogP contribution in [0.4, 0.5) is 11.4 Å². The summed E-state index contributed by atoms with van der Waals surface area (Å²) in [5, 5.41) is 8.86. The van der Waals surface area contributed by atoms with Crippen LogP contribution < -0.4 is 10.6 Å². The first-order valence-electron chi connectivity index (χ1n) is 4.52. The standard InChI is InChI=1S/C9H12N2O2.H2O4S/c1-11(2)8-4-3-6(10)5-7(8)9(12)13;1-5(2,3)4/h3-5H,10H2,1-2H3,(H,12,13);(H2,1,2,3,4). The Morgan fingerprint density at radius 3 is 2.06 bits per heavy atom. The van der Waals surface area contributed by atoms with Gasteiger partial charge < -0.3 is 15.7 Å². The number of carboxylic acids is 1. The quantitative estimate of drug-likeness (QED) is 0.449. The molecule has 18 heavy (non-hydrogen) atoms. The van der Waals surface area contributed by atoms with E-state index >= 15 is 0 Å². The summed E-state index contributed by atoms with van der Waals surface area (Å²) in [7, 11) is -1.09. The van der Waals surface area contributed by atoms with Gasteiger partial charge in [0.1, 0.15) is 0 Å². The molecule has 8 nitrogen and oxygen atoms in total. The summed E-state index contributed by atoms with van der Waals surface area (Å²) in [6, 6.07) is 4.83. The minimum absolute atomic E-state index is 0.227. The van der Waals surface area contributed by atoms with Crippen molar-refractivity contribution in [3.05, 3.63) is 23.8 Å². The predicted molar refractivity (Wildman–Crippen MR) is 66.3 cm³/mol. The van der Waals surface area contributed by atoms with Crippen LogP contribution in [0.2, 0.25) is 0 Å². The lowest BCUT2D eigenvalue weighted by atomic mass is 10.1. The highest BCUT2D eigenvalue weighted by molar-refractivity contribution is 7.79. The van der Waals surface area contributed by atoms with Crippen molar-refractivity contribution in [3.63, 3.8) is 0 Å². The van der Waals surface area contributed by atoms with Crippen molar-refractivity contribution >= 4 is 27.7 Å². The second-order valence-electron chi connectivity index (χ2n) is 3.42. The largest absolute Gasteiger partial charge is 0.478 e. The Labute approximate surface area is 104 Å². The number of carboxylic acid groups (broad SMARTS) is 1.